The third-order valence-electron chi connectivity index (χ3n) is 8.43. The summed E-state index contributed by atoms with van der Waals surface area (Å²) < 4.78 is 4.39. The van der Waals surface area contributed by atoms with Gasteiger partial charge in [-0.2, -0.15) is 5.10 Å². The maximum atomic E-state index is 5.00. The lowest BCUT2D eigenvalue weighted by atomic mass is 10.1. The van der Waals surface area contributed by atoms with Crippen LogP contribution in [0.4, 0.5) is 0 Å². The van der Waals surface area contributed by atoms with E-state index in [9.17, 15) is 0 Å². The van der Waals surface area contributed by atoms with Crippen LogP contribution in [0, 0.1) is 0 Å². The van der Waals surface area contributed by atoms with E-state index in [0.717, 1.165) is 50.0 Å². The van der Waals surface area contributed by atoms with Gasteiger partial charge in [-0.05, 0) is 30.3 Å². The Balaban J connectivity index is 1.30. The Kier molecular flexibility index (Phi) is 6.03. The lowest BCUT2D eigenvalue weighted by Gasteiger charge is -2.13. The number of aromatic nitrogens is 6. The van der Waals surface area contributed by atoms with Gasteiger partial charge in [0.25, 0.3) is 0 Å². The van der Waals surface area contributed by atoms with Crippen LogP contribution in [-0.2, 0) is 0 Å². The number of hydrogen-bond acceptors (Lipinski definition) is 4. The first-order valence-corrected chi connectivity index (χ1v) is 15.2. The number of para-hydroxylation sites is 2. The summed E-state index contributed by atoms with van der Waals surface area (Å²) in [6.07, 6.45) is 1.95. The monoisotopic (exact) mass is 590 g/mol. The van der Waals surface area contributed by atoms with Crippen LogP contribution >= 0.6 is 0 Å². The van der Waals surface area contributed by atoms with Gasteiger partial charge in [0.2, 0.25) is 0 Å². The molecular weight excluding hydrogens is 564 g/mol. The Hall–Kier alpha value is -6.40. The van der Waals surface area contributed by atoms with E-state index in [1.54, 1.807) is 0 Å². The fourth-order valence-electron chi connectivity index (χ4n) is 6.32. The van der Waals surface area contributed by atoms with Gasteiger partial charge in [0.05, 0.1) is 28.4 Å². The van der Waals surface area contributed by atoms with Crippen molar-refractivity contribution in [2.75, 3.05) is 0 Å². The van der Waals surface area contributed by atoms with Gasteiger partial charge in [-0.1, -0.05) is 121 Å². The average molecular weight is 591 g/mol. The largest absolute Gasteiger partial charge is 0.307 e. The van der Waals surface area contributed by atoms with Crippen molar-refractivity contribution in [3.63, 3.8) is 0 Å². The second kappa shape index (κ2) is 10.6. The van der Waals surface area contributed by atoms with Gasteiger partial charge in [0.15, 0.2) is 17.5 Å². The molecule has 0 fully saturated rings. The molecule has 9 rings (SSSR count). The summed E-state index contributed by atoms with van der Waals surface area (Å²) in [6.45, 7) is 0. The number of benzene rings is 6. The zero-order chi connectivity index (χ0) is 30.5. The molecule has 6 aromatic carbocycles. The Morgan fingerprint density at radius 2 is 0.978 bits per heavy atom. The molecule has 3 aromatic heterocycles. The van der Waals surface area contributed by atoms with E-state index in [2.05, 4.69) is 77.4 Å². The van der Waals surface area contributed by atoms with Crippen LogP contribution in [0.5, 0.6) is 0 Å². The standard InChI is InChI=1S/C40H26N6/c1-4-13-27(14-5-1)38-42-39(28-15-6-2-7-16-28)44-40(43-38)29-17-12-20-32(25-29)45-35-22-11-10-21-33(35)34-24-23-30-26-41-46(36(30)37(34)45)31-18-8-3-9-19-31/h1-26H. The third kappa shape index (κ3) is 4.27. The molecule has 46 heavy (non-hydrogen) atoms. The first-order chi connectivity index (χ1) is 22.8. The Labute approximate surface area is 264 Å². The molecule has 3 heterocycles. The molecule has 0 unspecified atom stereocenters. The predicted octanol–water partition coefficient (Wildman–Crippen LogP) is 9.31. The molecule has 0 bridgehead atoms. The average Bonchev–Trinajstić information content (AvgIpc) is 3.72. The number of fused-ring (bicyclic) bond motifs is 5. The highest BCUT2D eigenvalue weighted by Crippen LogP contribution is 2.38. The molecular formula is C40H26N6. The molecule has 0 aliphatic carbocycles. The van der Waals surface area contributed by atoms with E-state index >= 15 is 0 Å². The number of rotatable bonds is 5. The van der Waals surface area contributed by atoms with Crippen LogP contribution in [0.25, 0.3) is 78.2 Å². The molecule has 216 valence electrons. The molecule has 9 aromatic rings. The van der Waals surface area contributed by atoms with Crippen molar-refractivity contribution in [3.8, 4) is 45.5 Å². The molecule has 0 radical (unpaired) electrons. The van der Waals surface area contributed by atoms with Crippen LogP contribution in [0.3, 0.4) is 0 Å². The second-order valence-corrected chi connectivity index (χ2v) is 11.2. The van der Waals surface area contributed by atoms with Crippen molar-refractivity contribution in [1.29, 1.82) is 0 Å². The van der Waals surface area contributed by atoms with Gasteiger partial charge in [-0.25, -0.2) is 19.6 Å². The van der Waals surface area contributed by atoms with Gasteiger partial charge in [0.1, 0.15) is 0 Å². The number of hydrogen-bond donors (Lipinski definition) is 0. The normalized spacial score (nSPS) is 11.5. The molecule has 6 nitrogen and oxygen atoms in total. The van der Waals surface area contributed by atoms with Gasteiger partial charge >= 0.3 is 0 Å². The smallest absolute Gasteiger partial charge is 0.164 e. The zero-order valence-electron chi connectivity index (χ0n) is 24.7. The highest BCUT2D eigenvalue weighted by molar-refractivity contribution is 6.18. The van der Waals surface area contributed by atoms with Crippen LogP contribution in [0.1, 0.15) is 0 Å². The number of nitrogens with zero attached hydrogens (tertiary/aromatic N) is 6. The molecule has 0 atom stereocenters. The van der Waals surface area contributed by atoms with Gasteiger partial charge < -0.3 is 4.57 Å². The summed E-state index contributed by atoms with van der Waals surface area (Å²) in [4.78, 5) is 14.9. The molecule has 0 spiro atoms. The topological polar surface area (TPSA) is 61.4 Å². The lowest BCUT2D eigenvalue weighted by molar-refractivity contribution is 0.911. The molecule has 0 aliphatic rings. The second-order valence-electron chi connectivity index (χ2n) is 11.2. The maximum absolute atomic E-state index is 5.00. The predicted molar refractivity (Wildman–Crippen MR) is 185 cm³/mol. The molecule has 0 saturated heterocycles. The summed E-state index contributed by atoms with van der Waals surface area (Å²) in [7, 11) is 0. The summed E-state index contributed by atoms with van der Waals surface area (Å²) >= 11 is 0. The minimum Gasteiger partial charge on any atom is -0.307 e. The van der Waals surface area contributed by atoms with E-state index in [4.69, 9.17) is 20.1 Å². The quantitative estimate of drug-likeness (QED) is 0.200. The van der Waals surface area contributed by atoms with E-state index in [0.29, 0.717) is 17.5 Å². The summed E-state index contributed by atoms with van der Waals surface area (Å²) in [5, 5.41) is 8.27. The van der Waals surface area contributed by atoms with Gasteiger partial charge in [-0.15, -0.1) is 0 Å². The van der Waals surface area contributed by atoms with Gasteiger partial charge in [-0.3, -0.25) is 0 Å². The van der Waals surface area contributed by atoms with E-state index < -0.39 is 0 Å². The van der Waals surface area contributed by atoms with E-state index in [1.165, 1.54) is 10.8 Å². The summed E-state index contributed by atoms with van der Waals surface area (Å²) in [6, 6.07) is 51.9. The molecule has 0 N–H and O–H groups in total. The third-order valence-corrected chi connectivity index (χ3v) is 8.43. The Morgan fingerprint density at radius 1 is 0.413 bits per heavy atom. The zero-order valence-corrected chi connectivity index (χ0v) is 24.7. The first-order valence-electron chi connectivity index (χ1n) is 15.2. The molecule has 0 aliphatic heterocycles. The fourth-order valence-corrected chi connectivity index (χ4v) is 6.32. The summed E-state index contributed by atoms with van der Waals surface area (Å²) in [5.74, 6) is 1.90. The molecule has 0 amide bonds. The van der Waals surface area contributed by atoms with Crippen molar-refractivity contribution in [3.05, 3.63) is 158 Å². The van der Waals surface area contributed by atoms with Crippen LogP contribution in [0.2, 0.25) is 0 Å². The van der Waals surface area contributed by atoms with Crippen molar-refractivity contribution in [1.82, 2.24) is 29.3 Å². The minimum absolute atomic E-state index is 0.620. The SMILES string of the molecule is c1ccc(-c2nc(-c3ccccc3)nc(-c3cccc(-n4c5ccccc5c5ccc6cnn(-c7ccccc7)c6c54)c3)n2)cc1. The van der Waals surface area contributed by atoms with Crippen molar-refractivity contribution in [2.24, 2.45) is 0 Å². The molecule has 0 saturated carbocycles. The lowest BCUT2D eigenvalue weighted by Crippen LogP contribution is -2.02. The Bertz CT molecular complexity index is 2460. The van der Waals surface area contributed by atoms with Crippen molar-refractivity contribution >= 4 is 32.7 Å². The van der Waals surface area contributed by atoms with E-state index in [-0.39, 0.29) is 0 Å². The van der Waals surface area contributed by atoms with Crippen LogP contribution in [0.15, 0.2) is 158 Å². The van der Waals surface area contributed by atoms with Crippen LogP contribution in [-0.4, -0.2) is 29.3 Å². The molecule has 6 heteroatoms. The Morgan fingerprint density at radius 3 is 1.67 bits per heavy atom. The maximum Gasteiger partial charge on any atom is 0.164 e. The van der Waals surface area contributed by atoms with E-state index in [1.807, 2.05) is 89.7 Å². The fraction of sp³-hybridized carbons (Fsp3) is 0. The van der Waals surface area contributed by atoms with Crippen molar-refractivity contribution in [2.45, 2.75) is 0 Å². The van der Waals surface area contributed by atoms with Crippen LogP contribution < -0.4 is 0 Å². The minimum atomic E-state index is 0.620. The highest BCUT2D eigenvalue weighted by atomic mass is 15.3. The van der Waals surface area contributed by atoms with Gasteiger partial charge in [0, 0.05) is 38.5 Å². The van der Waals surface area contributed by atoms with Crippen molar-refractivity contribution < 1.29 is 0 Å². The first kappa shape index (κ1) is 26.0. The highest BCUT2D eigenvalue weighted by Gasteiger charge is 2.19. The summed E-state index contributed by atoms with van der Waals surface area (Å²) in [5.41, 5.74) is 8.10.